The first-order valence-electron chi connectivity index (χ1n) is 14.2. The van der Waals surface area contributed by atoms with Crippen LogP contribution in [0.5, 0.6) is 0 Å². The van der Waals surface area contributed by atoms with Gasteiger partial charge in [-0.05, 0) is 48.9 Å². The first-order chi connectivity index (χ1) is 20.8. The van der Waals surface area contributed by atoms with Gasteiger partial charge in [-0.15, -0.1) is 9.15 Å². The van der Waals surface area contributed by atoms with Gasteiger partial charge in [0.2, 0.25) is 11.3 Å². The van der Waals surface area contributed by atoms with Crippen LogP contribution in [0.2, 0.25) is 0 Å². The summed E-state index contributed by atoms with van der Waals surface area (Å²) in [6.45, 7) is 2.17. The lowest BCUT2D eigenvalue weighted by molar-refractivity contribution is -0.791. The Morgan fingerprint density at radius 3 is 1.81 bits per heavy atom. The summed E-state index contributed by atoms with van der Waals surface area (Å²) in [5.74, 6) is 4.49. The average molecular weight is 539 g/mol. The summed E-state index contributed by atoms with van der Waals surface area (Å²) >= 11 is 0. The van der Waals surface area contributed by atoms with Gasteiger partial charge in [0.05, 0.1) is 22.3 Å². The molecule has 8 heteroatoms. The van der Waals surface area contributed by atoms with E-state index in [-0.39, 0.29) is 0 Å². The lowest BCUT2D eigenvalue weighted by Crippen LogP contribution is -2.71. The first kappa shape index (κ1) is 20.2. The van der Waals surface area contributed by atoms with Crippen molar-refractivity contribution in [2.75, 3.05) is 0 Å². The van der Waals surface area contributed by atoms with Gasteiger partial charge < -0.3 is 0 Å². The topological polar surface area (TPSA) is 65.3 Å². The molecular formula is C34H18N8+2. The molecule has 0 N–H and O–H groups in total. The van der Waals surface area contributed by atoms with E-state index in [0.29, 0.717) is 0 Å². The van der Waals surface area contributed by atoms with E-state index in [9.17, 15) is 0 Å². The number of nitrogens with zero attached hydrogens (tertiary/aromatic N) is 8. The molecule has 6 aromatic rings. The summed E-state index contributed by atoms with van der Waals surface area (Å²) < 4.78 is 9.37. The van der Waals surface area contributed by atoms with Gasteiger partial charge >= 0.3 is 5.91 Å². The number of benzene rings is 4. The molecule has 1 atom stereocenters. The number of aromatic nitrogens is 2. The predicted molar refractivity (Wildman–Crippen MR) is 158 cm³/mol. The molecule has 192 valence electrons. The van der Waals surface area contributed by atoms with Crippen molar-refractivity contribution in [2.24, 2.45) is 20.0 Å². The molecule has 0 radical (unpaired) electrons. The van der Waals surface area contributed by atoms with E-state index in [2.05, 4.69) is 116 Å². The molecule has 0 unspecified atom stereocenters. The zero-order valence-electron chi connectivity index (χ0n) is 22.2. The normalized spacial score (nSPS) is 20.6. The van der Waals surface area contributed by atoms with Crippen molar-refractivity contribution in [3.05, 3.63) is 130 Å². The number of amidine groups is 4. The third-order valence-electron chi connectivity index (χ3n) is 9.71. The van der Waals surface area contributed by atoms with Crippen LogP contribution < -0.4 is 11.0 Å². The number of hydrogen-bond acceptors (Lipinski definition) is 4. The molecule has 1 spiro atoms. The van der Waals surface area contributed by atoms with Gasteiger partial charge in [-0.25, -0.2) is 14.1 Å². The van der Waals surface area contributed by atoms with Gasteiger partial charge in [-0.1, -0.05) is 69.6 Å². The molecule has 0 aliphatic carbocycles. The maximum absolute atomic E-state index is 5.48. The van der Waals surface area contributed by atoms with Crippen LogP contribution in [0.4, 0.5) is 11.6 Å². The second kappa shape index (κ2) is 6.11. The lowest BCUT2D eigenvalue weighted by atomic mass is 10.1. The third kappa shape index (κ3) is 1.79. The molecule has 6 aliphatic heterocycles. The summed E-state index contributed by atoms with van der Waals surface area (Å²) in [7, 11) is 0. The van der Waals surface area contributed by atoms with Gasteiger partial charge in [0, 0.05) is 21.5 Å². The molecule has 0 saturated carbocycles. The summed E-state index contributed by atoms with van der Waals surface area (Å²) in [4.78, 5) is 21.8. The van der Waals surface area contributed by atoms with Crippen LogP contribution in [-0.4, -0.2) is 41.6 Å². The molecule has 2 aromatic heterocycles. The van der Waals surface area contributed by atoms with Crippen molar-refractivity contribution in [3.63, 3.8) is 0 Å². The predicted octanol–water partition coefficient (Wildman–Crippen LogP) is 4.02. The van der Waals surface area contributed by atoms with Crippen molar-refractivity contribution >= 4 is 56.5 Å². The number of aliphatic imine (C=N–C) groups is 2. The fourth-order valence-electron chi connectivity index (χ4n) is 8.14. The molecule has 8 heterocycles. The minimum Gasteiger partial charge on any atom is -0.211 e. The van der Waals surface area contributed by atoms with Crippen LogP contribution in [0.1, 0.15) is 27.8 Å². The molecule has 4 aromatic carbocycles. The molecule has 6 aliphatic rings. The Balaban J connectivity index is 1.45. The van der Waals surface area contributed by atoms with E-state index < -0.39 is 5.91 Å². The second-order valence-corrected chi connectivity index (χ2v) is 11.6. The molecule has 0 bridgehead atoms. The first-order valence-corrected chi connectivity index (χ1v) is 14.2. The van der Waals surface area contributed by atoms with Crippen LogP contribution in [0, 0.1) is 6.92 Å². The average Bonchev–Trinajstić information content (AvgIpc) is 3.74. The van der Waals surface area contributed by atoms with Crippen molar-refractivity contribution in [2.45, 2.75) is 12.8 Å². The monoisotopic (exact) mass is 538 g/mol. The Hall–Kier alpha value is -5.76. The Morgan fingerprint density at radius 1 is 0.524 bits per heavy atom. The van der Waals surface area contributed by atoms with E-state index in [1.54, 1.807) is 0 Å². The standard InChI is InChI=1S/C34H18N8/c1-17-9-8-16-24-25(17)33-38-31-23-15-7-6-14-22(23)29-36-27-19-11-3-2-10-18(19)26-35-28-20-12-4-5-13-21(20)30-37-32(24)42(33)34(39(26)27,40(28)30)41(29)31/h2-16H,1H3/q+2/t34-/m0/s1. The van der Waals surface area contributed by atoms with E-state index in [0.717, 1.165) is 89.8 Å². The Morgan fingerprint density at radius 2 is 1.10 bits per heavy atom. The molecule has 42 heavy (non-hydrogen) atoms. The number of rotatable bonds is 0. The van der Waals surface area contributed by atoms with Crippen LogP contribution in [0.25, 0.3) is 21.5 Å². The molecule has 8 nitrogen and oxygen atoms in total. The Labute approximate surface area is 237 Å². The van der Waals surface area contributed by atoms with Gasteiger partial charge in [-0.3, -0.25) is 0 Å². The molecule has 0 fully saturated rings. The summed E-state index contributed by atoms with van der Waals surface area (Å²) in [5, 5.41) is 4.40. The molecular weight excluding hydrogens is 520 g/mol. The second-order valence-electron chi connectivity index (χ2n) is 11.6. The maximum atomic E-state index is 5.48. The largest absolute Gasteiger partial charge is 0.402 e. The van der Waals surface area contributed by atoms with Gasteiger partial charge in [0.15, 0.2) is 11.3 Å². The Bertz CT molecular complexity index is 2690. The van der Waals surface area contributed by atoms with Crippen LogP contribution in [0.3, 0.4) is 0 Å². The summed E-state index contributed by atoms with van der Waals surface area (Å²) in [6, 6.07) is 32.0. The quantitative estimate of drug-likeness (QED) is 0.263. The SMILES string of the molecule is Cc1cccc2c3n4c(c12)N=c1c2ccccc2c2n1[C@]41[N+]4=C(N=C5c6ccccc6C(=[N+]51)N=2)c1ccccc1C4=N3. The third-order valence-corrected chi connectivity index (χ3v) is 9.71. The van der Waals surface area contributed by atoms with Crippen LogP contribution in [-0.2, 0) is 5.91 Å². The van der Waals surface area contributed by atoms with Crippen molar-refractivity contribution < 1.29 is 9.15 Å². The van der Waals surface area contributed by atoms with Gasteiger partial charge in [-0.2, -0.15) is 0 Å². The fraction of sp³-hybridized carbons (Fsp3) is 0.0588. The van der Waals surface area contributed by atoms with E-state index in [4.69, 9.17) is 20.0 Å². The number of fused-ring (bicyclic) bond motifs is 12. The highest BCUT2D eigenvalue weighted by molar-refractivity contribution is 6.24. The van der Waals surface area contributed by atoms with E-state index in [1.807, 2.05) is 0 Å². The Kier molecular flexibility index (Phi) is 2.93. The lowest BCUT2D eigenvalue weighted by Gasteiger charge is -2.41. The van der Waals surface area contributed by atoms with Crippen molar-refractivity contribution in [1.29, 1.82) is 0 Å². The van der Waals surface area contributed by atoms with Gasteiger partial charge in [0.1, 0.15) is 0 Å². The minimum atomic E-state index is -0.930. The summed E-state index contributed by atoms with van der Waals surface area (Å²) in [5.41, 5.74) is 7.32. The molecule has 12 rings (SSSR count). The molecule has 0 saturated heterocycles. The zero-order valence-corrected chi connectivity index (χ0v) is 22.2. The smallest absolute Gasteiger partial charge is 0.211 e. The highest BCUT2D eigenvalue weighted by atomic mass is 15.7. The van der Waals surface area contributed by atoms with Crippen molar-refractivity contribution in [1.82, 2.24) is 9.13 Å². The maximum Gasteiger partial charge on any atom is 0.402 e. The van der Waals surface area contributed by atoms with Gasteiger partial charge in [0.25, 0.3) is 23.3 Å². The highest BCUT2D eigenvalue weighted by Gasteiger charge is 2.69. The van der Waals surface area contributed by atoms with Crippen LogP contribution >= 0.6 is 0 Å². The molecule has 0 amide bonds. The summed E-state index contributed by atoms with van der Waals surface area (Å²) in [6.07, 6.45) is 0. The number of hydrogen-bond donors (Lipinski definition) is 0. The van der Waals surface area contributed by atoms with E-state index >= 15 is 0 Å². The fourth-order valence-corrected chi connectivity index (χ4v) is 8.14. The highest BCUT2D eigenvalue weighted by Crippen LogP contribution is 2.52. The minimum absolute atomic E-state index is 0.899. The van der Waals surface area contributed by atoms with E-state index in [1.165, 1.54) is 5.56 Å². The zero-order chi connectivity index (χ0) is 27.1. The van der Waals surface area contributed by atoms with Crippen molar-refractivity contribution in [3.8, 4) is 0 Å². The van der Waals surface area contributed by atoms with Crippen LogP contribution in [0.15, 0.2) is 111 Å². The number of aryl methyl sites for hydroxylation is 1.